The highest BCUT2D eigenvalue weighted by Gasteiger charge is 2.14. The molecule has 0 saturated heterocycles. The molecule has 1 rings (SSSR count). The highest BCUT2D eigenvalue weighted by Crippen LogP contribution is 2.07. The van der Waals surface area contributed by atoms with Gasteiger partial charge in [0.2, 0.25) is 11.8 Å². The Bertz CT molecular complexity index is 292. The Kier molecular flexibility index (Phi) is 4.81. The van der Waals surface area contributed by atoms with Crippen LogP contribution in [0.4, 0.5) is 0 Å². The monoisotopic (exact) mass is 207 g/mol. The molecule has 1 heterocycles. The molecule has 1 aliphatic heterocycles. The second-order valence-corrected chi connectivity index (χ2v) is 3.62. The molecule has 15 heavy (non-hydrogen) atoms. The van der Waals surface area contributed by atoms with Crippen molar-refractivity contribution < 1.29 is 9.59 Å². The number of hydrogen-bond donors (Lipinski definition) is 0. The topological polar surface area (TPSA) is 37.4 Å². The summed E-state index contributed by atoms with van der Waals surface area (Å²) in [5, 5.41) is 0. The summed E-state index contributed by atoms with van der Waals surface area (Å²) >= 11 is 0. The van der Waals surface area contributed by atoms with E-state index in [1.165, 1.54) is 11.8 Å². The fraction of sp³-hybridized carbons (Fsp3) is 0.500. The van der Waals surface area contributed by atoms with Crippen LogP contribution in [0.25, 0.3) is 0 Å². The highest BCUT2D eigenvalue weighted by molar-refractivity contribution is 5.95. The van der Waals surface area contributed by atoms with Gasteiger partial charge in [0, 0.05) is 19.5 Å². The van der Waals surface area contributed by atoms with Gasteiger partial charge in [0.1, 0.15) is 0 Å². The van der Waals surface area contributed by atoms with Crippen LogP contribution in [0.2, 0.25) is 0 Å². The number of rotatable bonds is 0. The quantitative estimate of drug-likeness (QED) is 0.572. The number of carbonyl (C=O) groups excluding carboxylic acids is 2. The van der Waals surface area contributed by atoms with Crippen molar-refractivity contribution in [3.63, 3.8) is 0 Å². The largest absolute Gasteiger partial charge is 0.274 e. The molecule has 0 unspecified atom stereocenters. The van der Waals surface area contributed by atoms with Crippen LogP contribution in [-0.2, 0) is 9.59 Å². The van der Waals surface area contributed by atoms with Gasteiger partial charge in [-0.3, -0.25) is 14.5 Å². The van der Waals surface area contributed by atoms with Crippen LogP contribution in [0.5, 0.6) is 0 Å². The van der Waals surface area contributed by atoms with Gasteiger partial charge in [-0.05, 0) is 25.7 Å². The van der Waals surface area contributed by atoms with E-state index < -0.39 is 0 Å². The van der Waals surface area contributed by atoms with Gasteiger partial charge in [0.15, 0.2) is 0 Å². The van der Waals surface area contributed by atoms with E-state index in [9.17, 15) is 9.59 Å². The van der Waals surface area contributed by atoms with Crippen molar-refractivity contribution in [2.75, 3.05) is 0 Å². The Morgan fingerprint density at radius 1 is 1.27 bits per heavy atom. The average Bonchev–Trinajstić information content (AvgIpc) is 2.23. The summed E-state index contributed by atoms with van der Waals surface area (Å²) in [6.07, 6.45) is 11.7. The molecule has 2 amide bonds. The van der Waals surface area contributed by atoms with E-state index >= 15 is 0 Å². The molecule has 0 saturated carbocycles. The third-order valence-electron chi connectivity index (χ3n) is 2.31. The van der Waals surface area contributed by atoms with Crippen LogP contribution in [-0.4, -0.2) is 16.7 Å². The minimum atomic E-state index is -0.209. The Morgan fingerprint density at radius 2 is 2.07 bits per heavy atom. The summed E-state index contributed by atoms with van der Waals surface area (Å²) in [4.78, 5) is 24.0. The number of imide groups is 1. The second kappa shape index (κ2) is 6.17. The average molecular weight is 207 g/mol. The van der Waals surface area contributed by atoms with Gasteiger partial charge in [-0.1, -0.05) is 18.2 Å². The van der Waals surface area contributed by atoms with Crippen molar-refractivity contribution in [2.45, 2.75) is 39.0 Å². The Morgan fingerprint density at radius 3 is 2.80 bits per heavy atom. The Labute approximate surface area is 90.5 Å². The number of amides is 2. The third-order valence-corrected chi connectivity index (χ3v) is 2.31. The first-order chi connectivity index (χ1) is 7.22. The highest BCUT2D eigenvalue weighted by atomic mass is 16.2. The van der Waals surface area contributed by atoms with Gasteiger partial charge in [0.05, 0.1) is 0 Å². The zero-order valence-corrected chi connectivity index (χ0v) is 9.11. The summed E-state index contributed by atoms with van der Waals surface area (Å²) in [6, 6.07) is 0. The number of carbonyl (C=O) groups is 2. The standard InChI is InChI=1S/C12H17NO2/c1-11(14)13-10-8-6-4-2-3-5-7-9-12(13)15/h2,4,8,10H,3,5-7,9H2,1H3/b4-2-,10-8-. The Hall–Kier alpha value is -1.38. The van der Waals surface area contributed by atoms with Crippen LogP contribution in [0, 0.1) is 0 Å². The minimum Gasteiger partial charge on any atom is -0.274 e. The third kappa shape index (κ3) is 4.11. The first kappa shape index (κ1) is 11.7. The van der Waals surface area contributed by atoms with Gasteiger partial charge < -0.3 is 0 Å². The molecule has 0 N–H and O–H groups in total. The number of allylic oxidation sites excluding steroid dienone is 3. The zero-order chi connectivity index (χ0) is 11.1. The molecule has 0 aromatic heterocycles. The first-order valence-corrected chi connectivity index (χ1v) is 5.36. The molecular formula is C12H17NO2. The van der Waals surface area contributed by atoms with Crippen LogP contribution >= 0.6 is 0 Å². The normalized spacial score (nSPS) is 23.0. The van der Waals surface area contributed by atoms with Gasteiger partial charge in [-0.25, -0.2) is 0 Å². The van der Waals surface area contributed by atoms with Crippen LogP contribution in [0.15, 0.2) is 24.4 Å². The minimum absolute atomic E-state index is 0.0966. The molecule has 0 aliphatic carbocycles. The predicted molar refractivity (Wildman–Crippen MR) is 58.9 cm³/mol. The summed E-state index contributed by atoms with van der Waals surface area (Å²) < 4.78 is 0. The molecule has 3 heteroatoms. The molecule has 0 radical (unpaired) electrons. The molecule has 3 nitrogen and oxygen atoms in total. The van der Waals surface area contributed by atoms with Gasteiger partial charge >= 0.3 is 0 Å². The second-order valence-electron chi connectivity index (χ2n) is 3.62. The zero-order valence-electron chi connectivity index (χ0n) is 9.11. The van der Waals surface area contributed by atoms with Crippen LogP contribution in [0.3, 0.4) is 0 Å². The maximum atomic E-state index is 11.6. The first-order valence-electron chi connectivity index (χ1n) is 5.36. The number of nitrogens with zero attached hydrogens (tertiary/aromatic N) is 1. The number of hydrogen-bond acceptors (Lipinski definition) is 2. The van der Waals surface area contributed by atoms with Gasteiger partial charge in [0.25, 0.3) is 0 Å². The lowest BCUT2D eigenvalue weighted by Gasteiger charge is -2.13. The van der Waals surface area contributed by atoms with Crippen LogP contribution < -0.4 is 0 Å². The predicted octanol–water partition coefficient (Wildman–Crippen LogP) is 2.40. The molecule has 0 bridgehead atoms. The Balaban J connectivity index is 2.69. The maximum absolute atomic E-state index is 11.6. The summed E-state index contributed by atoms with van der Waals surface area (Å²) in [5.74, 6) is -0.305. The van der Waals surface area contributed by atoms with Crippen molar-refractivity contribution in [1.29, 1.82) is 0 Å². The van der Waals surface area contributed by atoms with Crippen molar-refractivity contribution in [2.24, 2.45) is 0 Å². The molecule has 0 aromatic carbocycles. The van der Waals surface area contributed by atoms with Gasteiger partial charge in [-0.2, -0.15) is 0 Å². The smallest absolute Gasteiger partial charge is 0.233 e. The fourth-order valence-electron chi connectivity index (χ4n) is 1.48. The van der Waals surface area contributed by atoms with Crippen molar-refractivity contribution >= 4 is 11.8 Å². The SMILES string of the molecule is CC(=O)N1/C=C\C/C=C\CCCCC1=O. The maximum Gasteiger partial charge on any atom is 0.233 e. The lowest BCUT2D eigenvalue weighted by atomic mass is 10.1. The van der Waals surface area contributed by atoms with Crippen molar-refractivity contribution in [3.8, 4) is 0 Å². The van der Waals surface area contributed by atoms with E-state index in [0.29, 0.717) is 6.42 Å². The van der Waals surface area contributed by atoms with E-state index in [1.54, 1.807) is 6.20 Å². The van der Waals surface area contributed by atoms with Crippen molar-refractivity contribution in [1.82, 2.24) is 4.90 Å². The van der Waals surface area contributed by atoms with E-state index in [0.717, 1.165) is 25.7 Å². The molecule has 0 atom stereocenters. The lowest BCUT2D eigenvalue weighted by molar-refractivity contribution is -0.140. The van der Waals surface area contributed by atoms with E-state index in [1.807, 2.05) is 6.08 Å². The lowest BCUT2D eigenvalue weighted by Crippen LogP contribution is -2.29. The molecule has 1 aliphatic rings. The van der Waals surface area contributed by atoms with E-state index in [4.69, 9.17) is 0 Å². The summed E-state index contributed by atoms with van der Waals surface area (Å²) in [5.41, 5.74) is 0. The molecule has 0 fully saturated rings. The molecule has 0 spiro atoms. The van der Waals surface area contributed by atoms with Crippen LogP contribution in [0.1, 0.15) is 39.0 Å². The van der Waals surface area contributed by atoms with E-state index in [-0.39, 0.29) is 11.8 Å². The molecule has 0 aromatic rings. The van der Waals surface area contributed by atoms with E-state index in [2.05, 4.69) is 12.2 Å². The molecular weight excluding hydrogens is 190 g/mol. The van der Waals surface area contributed by atoms with Crippen molar-refractivity contribution in [3.05, 3.63) is 24.4 Å². The summed E-state index contributed by atoms with van der Waals surface area (Å²) in [6.45, 7) is 1.41. The molecule has 82 valence electrons. The summed E-state index contributed by atoms with van der Waals surface area (Å²) in [7, 11) is 0. The van der Waals surface area contributed by atoms with Gasteiger partial charge in [-0.15, -0.1) is 0 Å². The fourth-order valence-corrected chi connectivity index (χ4v) is 1.48.